The molecule has 5 nitrogen and oxygen atoms in total. The van der Waals surface area contributed by atoms with Crippen molar-refractivity contribution < 1.29 is 19.4 Å². The van der Waals surface area contributed by atoms with Gasteiger partial charge in [0, 0.05) is 12.1 Å². The lowest BCUT2D eigenvalue weighted by Gasteiger charge is -2.06. The van der Waals surface area contributed by atoms with Gasteiger partial charge in [-0.1, -0.05) is 25.5 Å². The van der Waals surface area contributed by atoms with E-state index in [4.69, 9.17) is 9.84 Å². The topological polar surface area (TPSA) is 75.6 Å². The number of ether oxygens (including phenoxy) is 1. The van der Waals surface area contributed by atoms with Gasteiger partial charge in [0.25, 0.3) is 5.91 Å². The number of carboxylic acids is 1. The van der Waals surface area contributed by atoms with Crippen molar-refractivity contribution in [1.82, 2.24) is 5.32 Å². The van der Waals surface area contributed by atoms with Crippen LogP contribution < -0.4 is 5.32 Å². The lowest BCUT2D eigenvalue weighted by Crippen LogP contribution is -2.27. The van der Waals surface area contributed by atoms with Gasteiger partial charge in [0.2, 0.25) is 0 Å². The highest BCUT2D eigenvalue weighted by atomic mass is 16.5. The van der Waals surface area contributed by atoms with Crippen LogP contribution in [0.3, 0.4) is 0 Å². The van der Waals surface area contributed by atoms with Gasteiger partial charge in [-0.05, 0) is 30.5 Å². The number of benzene rings is 1. The minimum atomic E-state index is -1.01. The molecule has 0 saturated heterocycles. The highest BCUT2D eigenvalue weighted by Crippen LogP contribution is 2.07. The van der Waals surface area contributed by atoms with E-state index < -0.39 is 5.97 Å². The van der Waals surface area contributed by atoms with Crippen molar-refractivity contribution in [2.75, 3.05) is 19.8 Å². The largest absolute Gasteiger partial charge is 0.480 e. The van der Waals surface area contributed by atoms with Crippen molar-refractivity contribution >= 4 is 11.9 Å². The Morgan fingerprint density at radius 2 is 1.95 bits per heavy atom. The van der Waals surface area contributed by atoms with E-state index in [0.717, 1.165) is 19.3 Å². The van der Waals surface area contributed by atoms with Crippen LogP contribution in [0.15, 0.2) is 24.3 Å². The lowest BCUT2D eigenvalue weighted by atomic mass is 10.1. The molecule has 0 aromatic heterocycles. The minimum Gasteiger partial charge on any atom is -0.480 e. The molecule has 20 heavy (non-hydrogen) atoms. The van der Waals surface area contributed by atoms with Crippen molar-refractivity contribution in [1.29, 1.82) is 0 Å². The molecule has 1 aromatic rings. The second kappa shape index (κ2) is 9.09. The molecule has 1 rings (SSSR count). The van der Waals surface area contributed by atoms with Crippen LogP contribution in [0.5, 0.6) is 0 Å². The third-order valence-corrected chi connectivity index (χ3v) is 2.79. The van der Waals surface area contributed by atoms with Crippen LogP contribution in [-0.2, 0) is 16.0 Å². The molecule has 1 amide bonds. The Hall–Kier alpha value is -1.88. The molecule has 0 unspecified atom stereocenters. The number of carbonyl (C=O) groups is 2. The molecule has 0 saturated carbocycles. The molecule has 0 aliphatic carbocycles. The highest BCUT2D eigenvalue weighted by Gasteiger charge is 2.04. The summed E-state index contributed by atoms with van der Waals surface area (Å²) in [4.78, 5) is 22.0. The molecular formula is C15H21NO4. The van der Waals surface area contributed by atoms with E-state index in [1.807, 2.05) is 12.1 Å². The quantitative estimate of drug-likeness (QED) is 0.677. The van der Waals surface area contributed by atoms with E-state index >= 15 is 0 Å². The number of unbranched alkanes of at least 4 members (excludes halogenated alkanes) is 1. The van der Waals surface area contributed by atoms with E-state index in [9.17, 15) is 9.59 Å². The summed E-state index contributed by atoms with van der Waals surface area (Å²) >= 11 is 0. The Morgan fingerprint density at radius 1 is 1.25 bits per heavy atom. The second-order valence-electron chi connectivity index (χ2n) is 4.50. The number of carbonyl (C=O) groups excluding carboxylic acids is 1. The highest BCUT2D eigenvalue weighted by molar-refractivity contribution is 5.94. The van der Waals surface area contributed by atoms with Crippen LogP contribution in [-0.4, -0.2) is 36.7 Å². The molecule has 0 radical (unpaired) electrons. The zero-order valence-electron chi connectivity index (χ0n) is 11.7. The van der Waals surface area contributed by atoms with Gasteiger partial charge in [0.1, 0.15) is 6.61 Å². The Labute approximate surface area is 118 Å². The van der Waals surface area contributed by atoms with E-state index in [1.165, 1.54) is 5.56 Å². The standard InChI is InChI=1S/C15H21NO4/c1-2-3-4-12-5-7-13(8-6-12)15(19)16-9-10-20-11-14(17)18/h5-8H,2-4,9-11H2,1H3,(H,16,19)(H,17,18). The predicted octanol–water partition coefficient (Wildman–Crippen LogP) is 1.86. The van der Waals surface area contributed by atoms with Gasteiger partial charge in [0.05, 0.1) is 6.61 Å². The third kappa shape index (κ3) is 6.33. The van der Waals surface area contributed by atoms with E-state index in [2.05, 4.69) is 12.2 Å². The van der Waals surface area contributed by atoms with Crippen molar-refractivity contribution in [3.63, 3.8) is 0 Å². The second-order valence-corrected chi connectivity index (χ2v) is 4.50. The number of aryl methyl sites for hydroxylation is 1. The third-order valence-electron chi connectivity index (χ3n) is 2.79. The fourth-order valence-electron chi connectivity index (χ4n) is 1.70. The van der Waals surface area contributed by atoms with Crippen LogP contribution in [0.1, 0.15) is 35.7 Å². The van der Waals surface area contributed by atoms with E-state index in [-0.39, 0.29) is 19.1 Å². The number of amides is 1. The summed E-state index contributed by atoms with van der Waals surface area (Å²) in [5, 5.41) is 11.1. The molecule has 0 bridgehead atoms. The first-order valence-corrected chi connectivity index (χ1v) is 6.80. The zero-order chi connectivity index (χ0) is 14.8. The summed E-state index contributed by atoms with van der Waals surface area (Å²) < 4.78 is 4.83. The van der Waals surface area contributed by atoms with E-state index in [0.29, 0.717) is 12.1 Å². The van der Waals surface area contributed by atoms with Crippen LogP contribution in [0.4, 0.5) is 0 Å². The minimum absolute atomic E-state index is 0.175. The normalized spacial score (nSPS) is 10.2. The maximum absolute atomic E-state index is 11.8. The molecule has 0 spiro atoms. The SMILES string of the molecule is CCCCc1ccc(C(=O)NCCOCC(=O)O)cc1. The van der Waals surface area contributed by atoms with Crippen LogP contribution >= 0.6 is 0 Å². The van der Waals surface area contributed by atoms with Crippen LogP contribution in [0, 0.1) is 0 Å². The monoisotopic (exact) mass is 279 g/mol. The Bertz CT molecular complexity index is 428. The molecule has 0 fully saturated rings. The van der Waals surface area contributed by atoms with Gasteiger partial charge < -0.3 is 15.2 Å². The average Bonchev–Trinajstić information content (AvgIpc) is 2.44. The number of aliphatic carboxylic acids is 1. The molecule has 0 aliphatic heterocycles. The molecule has 110 valence electrons. The first-order valence-electron chi connectivity index (χ1n) is 6.80. The first-order chi connectivity index (χ1) is 9.63. The maximum Gasteiger partial charge on any atom is 0.329 e. The molecule has 2 N–H and O–H groups in total. The number of nitrogens with one attached hydrogen (secondary N) is 1. The summed E-state index contributed by atoms with van der Waals surface area (Å²) in [7, 11) is 0. The molecule has 0 heterocycles. The zero-order valence-corrected chi connectivity index (χ0v) is 11.7. The van der Waals surface area contributed by atoms with Gasteiger partial charge in [-0.2, -0.15) is 0 Å². The van der Waals surface area contributed by atoms with Gasteiger partial charge in [0.15, 0.2) is 0 Å². The summed E-state index contributed by atoms with van der Waals surface area (Å²) in [6, 6.07) is 7.54. The fourth-order valence-corrected chi connectivity index (χ4v) is 1.70. The van der Waals surface area contributed by atoms with Gasteiger partial charge in [-0.15, -0.1) is 0 Å². The summed E-state index contributed by atoms with van der Waals surface area (Å²) in [6.45, 7) is 2.28. The van der Waals surface area contributed by atoms with Gasteiger partial charge in [-0.3, -0.25) is 4.79 Å². The van der Waals surface area contributed by atoms with E-state index in [1.54, 1.807) is 12.1 Å². The van der Waals surface area contributed by atoms with Crippen molar-refractivity contribution in [3.8, 4) is 0 Å². The molecule has 1 aromatic carbocycles. The first kappa shape index (κ1) is 16.2. The van der Waals surface area contributed by atoms with Gasteiger partial charge >= 0.3 is 5.97 Å². The molecular weight excluding hydrogens is 258 g/mol. The Morgan fingerprint density at radius 3 is 2.55 bits per heavy atom. The molecule has 0 aliphatic rings. The fraction of sp³-hybridized carbons (Fsp3) is 0.467. The summed E-state index contributed by atoms with van der Waals surface area (Å²) in [5.41, 5.74) is 1.83. The molecule has 5 heteroatoms. The smallest absolute Gasteiger partial charge is 0.329 e. The number of hydrogen-bond acceptors (Lipinski definition) is 3. The predicted molar refractivity (Wildman–Crippen MR) is 75.8 cm³/mol. The van der Waals surface area contributed by atoms with Crippen molar-refractivity contribution in [3.05, 3.63) is 35.4 Å². The van der Waals surface area contributed by atoms with Crippen LogP contribution in [0.25, 0.3) is 0 Å². The Kier molecular flexibility index (Phi) is 7.35. The summed E-state index contributed by atoms with van der Waals surface area (Å²) in [6.07, 6.45) is 3.33. The lowest BCUT2D eigenvalue weighted by molar-refractivity contribution is -0.142. The number of hydrogen-bond donors (Lipinski definition) is 2. The number of rotatable bonds is 9. The van der Waals surface area contributed by atoms with Crippen molar-refractivity contribution in [2.24, 2.45) is 0 Å². The van der Waals surface area contributed by atoms with Crippen LogP contribution in [0.2, 0.25) is 0 Å². The summed E-state index contributed by atoms with van der Waals surface area (Å²) in [5.74, 6) is -1.19. The number of carboxylic acid groups (broad SMARTS) is 1. The maximum atomic E-state index is 11.8. The van der Waals surface area contributed by atoms with Gasteiger partial charge in [-0.25, -0.2) is 4.79 Å². The average molecular weight is 279 g/mol. The van der Waals surface area contributed by atoms with Crippen molar-refractivity contribution in [2.45, 2.75) is 26.2 Å². The Balaban J connectivity index is 2.30. The molecule has 0 atom stereocenters.